The lowest BCUT2D eigenvalue weighted by Gasteiger charge is -2.11. The van der Waals surface area contributed by atoms with Gasteiger partial charge in [0, 0.05) is 56.0 Å². The summed E-state index contributed by atoms with van der Waals surface area (Å²) in [6.07, 6.45) is 13.3. The summed E-state index contributed by atoms with van der Waals surface area (Å²) < 4.78 is 35.8. The van der Waals surface area contributed by atoms with E-state index >= 15 is 0 Å². The number of aryl methyl sites for hydroxylation is 2. The van der Waals surface area contributed by atoms with E-state index in [0.29, 0.717) is 11.1 Å². The molecule has 1 aliphatic heterocycles. The molecule has 4 heterocycles. The van der Waals surface area contributed by atoms with Crippen LogP contribution >= 0.6 is 0 Å². The minimum atomic E-state index is -0.733. The van der Waals surface area contributed by atoms with E-state index in [4.69, 9.17) is 4.74 Å². The third-order valence-corrected chi connectivity index (χ3v) is 5.84. The summed E-state index contributed by atoms with van der Waals surface area (Å²) in [5.41, 5.74) is 1.33. The van der Waals surface area contributed by atoms with E-state index in [2.05, 4.69) is 15.1 Å². The van der Waals surface area contributed by atoms with Crippen molar-refractivity contribution >= 4 is 11.0 Å². The lowest BCUT2D eigenvalue weighted by atomic mass is 10.1. The highest BCUT2D eigenvalue weighted by Gasteiger charge is 2.23. The second kappa shape index (κ2) is 11.3. The van der Waals surface area contributed by atoms with Crippen molar-refractivity contribution in [2.45, 2.75) is 45.1 Å². The monoisotopic (exact) mass is 481 g/mol. The minimum absolute atomic E-state index is 0.127. The van der Waals surface area contributed by atoms with Gasteiger partial charge in [0.25, 0.3) is 0 Å². The summed E-state index contributed by atoms with van der Waals surface area (Å²) in [5.74, 6) is -1.40. The van der Waals surface area contributed by atoms with Crippen molar-refractivity contribution in [1.29, 1.82) is 0 Å². The van der Waals surface area contributed by atoms with Crippen LogP contribution in [0.4, 0.5) is 8.78 Å². The Bertz CT molecular complexity index is 1320. The van der Waals surface area contributed by atoms with Crippen LogP contribution in [0, 0.1) is 18.6 Å². The fourth-order valence-electron chi connectivity index (χ4n) is 3.88. The number of pyridine rings is 1. The van der Waals surface area contributed by atoms with E-state index in [0.717, 1.165) is 31.4 Å². The summed E-state index contributed by atoms with van der Waals surface area (Å²) in [6, 6.07) is 5.95. The fraction of sp³-hybridized carbons (Fsp3) is 0.385. The highest BCUT2D eigenvalue weighted by molar-refractivity contribution is 5.89. The Labute approximate surface area is 202 Å². The topological polar surface area (TPSA) is 74.8 Å². The molecule has 2 fully saturated rings. The highest BCUT2D eigenvalue weighted by Crippen LogP contribution is 2.33. The Morgan fingerprint density at radius 2 is 1.86 bits per heavy atom. The summed E-state index contributed by atoms with van der Waals surface area (Å²) in [5, 5.41) is 4.09. The molecule has 0 atom stereocenters. The van der Waals surface area contributed by atoms with E-state index in [-0.39, 0.29) is 22.2 Å². The fourth-order valence-corrected chi connectivity index (χ4v) is 3.88. The lowest BCUT2D eigenvalue weighted by molar-refractivity contribution is 0.0968. The summed E-state index contributed by atoms with van der Waals surface area (Å²) in [6.45, 7) is 3.68. The van der Waals surface area contributed by atoms with E-state index in [1.165, 1.54) is 44.5 Å². The van der Waals surface area contributed by atoms with Crippen molar-refractivity contribution in [1.82, 2.24) is 24.3 Å². The SMILES string of the molecule is C1CCOCC1.Cc1cn(C)c2c(-c3ccc(F)cc3F)ncnc2c1=O.c1cnn(C2CC2)c1. The number of hydrogen-bond acceptors (Lipinski definition) is 5. The molecule has 7 nitrogen and oxygen atoms in total. The largest absolute Gasteiger partial charge is 0.381 e. The molecule has 2 aliphatic rings. The van der Waals surface area contributed by atoms with Gasteiger partial charge in [-0.15, -0.1) is 0 Å². The van der Waals surface area contributed by atoms with Crippen molar-refractivity contribution in [3.63, 3.8) is 0 Å². The Kier molecular flexibility index (Phi) is 7.97. The van der Waals surface area contributed by atoms with E-state index in [1.54, 1.807) is 24.7 Å². The van der Waals surface area contributed by atoms with Gasteiger partial charge in [-0.3, -0.25) is 9.48 Å². The number of nitrogens with zero attached hydrogens (tertiary/aromatic N) is 5. The van der Waals surface area contributed by atoms with E-state index in [9.17, 15) is 13.6 Å². The molecule has 0 amide bonds. The van der Waals surface area contributed by atoms with Gasteiger partial charge in [0.1, 0.15) is 29.2 Å². The summed E-state index contributed by atoms with van der Waals surface area (Å²) >= 11 is 0. The van der Waals surface area contributed by atoms with Crippen molar-refractivity contribution in [2.24, 2.45) is 7.05 Å². The standard InChI is InChI=1S/C15H11F2N3O.C6H8N2.C5H10O/c1-8-6-20(2)14-12(18-7-19-13(14)15(8)21)10-4-3-9(16)5-11(10)17;1-4-7-8(5-1)6-2-3-6;1-2-4-6-5-3-1/h3-7H,1-2H3;1,4-6H,2-3H2;1-5H2. The number of aromatic nitrogens is 5. The Morgan fingerprint density at radius 1 is 1.09 bits per heavy atom. The van der Waals surface area contributed by atoms with Crippen molar-refractivity contribution < 1.29 is 13.5 Å². The van der Waals surface area contributed by atoms with Gasteiger partial charge in [0.05, 0.1) is 11.6 Å². The smallest absolute Gasteiger partial charge is 0.210 e. The van der Waals surface area contributed by atoms with Crippen LogP contribution in [0.25, 0.3) is 22.3 Å². The third-order valence-electron chi connectivity index (χ3n) is 5.84. The Morgan fingerprint density at radius 3 is 2.43 bits per heavy atom. The van der Waals surface area contributed by atoms with E-state index in [1.807, 2.05) is 23.1 Å². The quantitative estimate of drug-likeness (QED) is 0.403. The number of benzene rings is 1. The normalized spacial score (nSPS) is 15.1. The zero-order valence-corrected chi connectivity index (χ0v) is 20.0. The molecular weight excluding hydrogens is 452 g/mol. The number of ether oxygens (including phenoxy) is 1. The maximum Gasteiger partial charge on any atom is 0.210 e. The number of halogens is 2. The second-order valence-electron chi connectivity index (χ2n) is 8.69. The minimum Gasteiger partial charge on any atom is -0.381 e. The van der Waals surface area contributed by atoms with Crippen molar-refractivity contribution in [2.75, 3.05) is 13.2 Å². The van der Waals surface area contributed by atoms with Gasteiger partial charge in [-0.05, 0) is 57.2 Å². The number of fused-ring (bicyclic) bond motifs is 1. The predicted molar refractivity (Wildman–Crippen MR) is 130 cm³/mol. The maximum atomic E-state index is 14.0. The molecule has 184 valence electrons. The molecule has 0 unspecified atom stereocenters. The van der Waals surface area contributed by atoms with Gasteiger partial charge in [-0.2, -0.15) is 5.10 Å². The molecule has 1 aromatic carbocycles. The van der Waals surface area contributed by atoms with Crippen LogP contribution in [0.3, 0.4) is 0 Å². The van der Waals surface area contributed by atoms with Crippen LogP contribution < -0.4 is 5.43 Å². The molecule has 0 radical (unpaired) electrons. The van der Waals surface area contributed by atoms with Crippen LogP contribution in [0.1, 0.15) is 43.7 Å². The maximum absolute atomic E-state index is 14.0. The zero-order chi connectivity index (χ0) is 24.8. The first-order valence-electron chi connectivity index (χ1n) is 11.8. The number of rotatable bonds is 2. The molecule has 6 rings (SSSR count). The first kappa shape index (κ1) is 24.7. The van der Waals surface area contributed by atoms with Crippen LogP contribution in [0.15, 0.2) is 54.0 Å². The van der Waals surface area contributed by atoms with Gasteiger partial charge in [-0.1, -0.05) is 0 Å². The van der Waals surface area contributed by atoms with Crippen LogP contribution in [0.2, 0.25) is 0 Å². The average molecular weight is 482 g/mol. The van der Waals surface area contributed by atoms with Crippen LogP contribution in [-0.2, 0) is 11.8 Å². The first-order chi connectivity index (χ1) is 17.0. The average Bonchev–Trinajstić information content (AvgIpc) is 3.58. The lowest BCUT2D eigenvalue weighted by Crippen LogP contribution is -2.13. The molecular formula is C26H29F2N5O2. The molecule has 9 heteroatoms. The zero-order valence-electron chi connectivity index (χ0n) is 20.0. The molecule has 0 N–H and O–H groups in total. The van der Waals surface area contributed by atoms with Crippen molar-refractivity contribution in [3.8, 4) is 11.3 Å². The summed E-state index contributed by atoms with van der Waals surface area (Å²) in [7, 11) is 1.73. The first-order valence-corrected chi connectivity index (χ1v) is 11.8. The third kappa shape index (κ3) is 6.16. The summed E-state index contributed by atoms with van der Waals surface area (Å²) in [4.78, 5) is 20.2. The van der Waals surface area contributed by atoms with Crippen molar-refractivity contribution in [3.05, 3.63) is 76.6 Å². The van der Waals surface area contributed by atoms with Gasteiger partial charge >= 0.3 is 0 Å². The highest BCUT2D eigenvalue weighted by atomic mass is 19.1. The van der Waals surface area contributed by atoms with Gasteiger partial charge in [0.15, 0.2) is 0 Å². The van der Waals surface area contributed by atoms with Gasteiger partial charge in [-0.25, -0.2) is 18.7 Å². The Hall–Kier alpha value is -3.46. The number of hydrogen-bond donors (Lipinski definition) is 0. The molecule has 4 aromatic rings. The predicted octanol–water partition coefficient (Wildman–Crippen LogP) is 4.99. The molecule has 0 bridgehead atoms. The van der Waals surface area contributed by atoms with Crippen LogP contribution in [-0.4, -0.2) is 37.5 Å². The molecule has 1 aliphatic carbocycles. The molecule has 0 spiro atoms. The molecule has 1 saturated carbocycles. The second-order valence-corrected chi connectivity index (χ2v) is 8.69. The van der Waals surface area contributed by atoms with Gasteiger partial charge in [0.2, 0.25) is 5.43 Å². The van der Waals surface area contributed by atoms with E-state index < -0.39 is 11.6 Å². The molecule has 1 saturated heterocycles. The molecule has 3 aromatic heterocycles. The van der Waals surface area contributed by atoms with Crippen LogP contribution in [0.5, 0.6) is 0 Å². The molecule has 35 heavy (non-hydrogen) atoms. The van der Waals surface area contributed by atoms with Gasteiger partial charge < -0.3 is 9.30 Å². The Balaban J connectivity index is 0.000000166.